The van der Waals surface area contributed by atoms with E-state index in [1.807, 2.05) is 24.3 Å². The highest BCUT2D eigenvalue weighted by Gasteiger charge is 2.13. The third-order valence-corrected chi connectivity index (χ3v) is 4.96. The molecular weight excluding hydrogens is 416 g/mol. The minimum atomic E-state index is -0.109. The van der Waals surface area contributed by atoms with Crippen LogP contribution in [0.25, 0.3) is 0 Å². The SMILES string of the molecule is NCC#Cc1cccc(CNC(=O)c2cc(Br)sc2Br)c1. The van der Waals surface area contributed by atoms with E-state index in [1.54, 1.807) is 6.07 Å². The van der Waals surface area contributed by atoms with Gasteiger partial charge in [0.25, 0.3) is 5.91 Å². The lowest BCUT2D eigenvalue weighted by molar-refractivity contribution is 0.0950. The smallest absolute Gasteiger partial charge is 0.253 e. The molecule has 0 fully saturated rings. The first-order chi connectivity index (χ1) is 10.1. The summed E-state index contributed by atoms with van der Waals surface area (Å²) in [6.07, 6.45) is 0. The van der Waals surface area contributed by atoms with Crippen molar-refractivity contribution in [3.8, 4) is 11.8 Å². The quantitative estimate of drug-likeness (QED) is 0.736. The number of hydrogen-bond acceptors (Lipinski definition) is 3. The average molecular weight is 428 g/mol. The molecule has 3 N–H and O–H groups in total. The highest BCUT2D eigenvalue weighted by atomic mass is 79.9. The zero-order valence-corrected chi connectivity index (χ0v) is 14.9. The van der Waals surface area contributed by atoms with E-state index in [9.17, 15) is 4.79 Å². The van der Waals surface area contributed by atoms with Crippen LogP contribution < -0.4 is 11.1 Å². The van der Waals surface area contributed by atoms with Crippen LogP contribution in [0.3, 0.4) is 0 Å². The Morgan fingerprint density at radius 3 is 2.81 bits per heavy atom. The summed E-state index contributed by atoms with van der Waals surface area (Å²) in [5, 5.41) is 2.90. The van der Waals surface area contributed by atoms with Crippen molar-refractivity contribution in [1.29, 1.82) is 0 Å². The highest BCUT2D eigenvalue weighted by Crippen LogP contribution is 2.31. The van der Waals surface area contributed by atoms with Crippen LogP contribution in [0.1, 0.15) is 21.5 Å². The van der Waals surface area contributed by atoms with E-state index in [4.69, 9.17) is 5.73 Å². The van der Waals surface area contributed by atoms with Crippen LogP contribution >= 0.6 is 43.2 Å². The second kappa shape index (κ2) is 7.76. The molecule has 6 heteroatoms. The fraction of sp³-hybridized carbons (Fsp3) is 0.133. The zero-order valence-electron chi connectivity index (χ0n) is 11.0. The van der Waals surface area contributed by atoms with Crippen LogP contribution in [0, 0.1) is 11.8 Å². The van der Waals surface area contributed by atoms with E-state index in [-0.39, 0.29) is 5.91 Å². The molecule has 0 saturated heterocycles. The number of benzene rings is 1. The van der Waals surface area contributed by atoms with Gasteiger partial charge < -0.3 is 11.1 Å². The summed E-state index contributed by atoms with van der Waals surface area (Å²) in [4.78, 5) is 12.1. The lowest BCUT2D eigenvalue weighted by Crippen LogP contribution is -2.22. The number of hydrogen-bond donors (Lipinski definition) is 2. The Hall–Kier alpha value is -1.13. The largest absolute Gasteiger partial charge is 0.348 e. The van der Waals surface area contributed by atoms with Crippen molar-refractivity contribution >= 4 is 49.1 Å². The molecule has 108 valence electrons. The molecule has 1 aromatic heterocycles. The predicted molar refractivity (Wildman–Crippen MR) is 93.3 cm³/mol. The first kappa shape index (κ1) is 16.2. The van der Waals surface area contributed by atoms with Gasteiger partial charge in [0.05, 0.1) is 19.7 Å². The summed E-state index contributed by atoms with van der Waals surface area (Å²) in [5.41, 5.74) is 7.88. The van der Waals surface area contributed by atoms with Gasteiger partial charge in [0.1, 0.15) is 0 Å². The number of carbonyl (C=O) groups is 1. The third-order valence-electron chi connectivity index (χ3n) is 2.62. The van der Waals surface area contributed by atoms with Crippen LogP contribution in [0.4, 0.5) is 0 Å². The average Bonchev–Trinajstić information content (AvgIpc) is 2.82. The number of thiophene rings is 1. The molecular formula is C15H12Br2N2OS. The summed E-state index contributed by atoms with van der Waals surface area (Å²) in [5.74, 6) is 5.68. The molecule has 0 bridgehead atoms. The Kier molecular flexibility index (Phi) is 6.00. The molecule has 2 aromatic rings. The lowest BCUT2D eigenvalue weighted by atomic mass is 10.1. The molecule has 0 aliphatic heterocycles. The Balaban J connectivity index is 2.03. The van der Waals surface area contributed by atoms with Crippen molar-refractivity contribution in [3.05, 3.63) is 54.6 Å². The molecule has 0 saturated carbocycles. The molecule has 1 amide bonds. The summed E-state index contributed by atoms with van der Waals surface area (Å²) in [7, 11) is 0. The first-order valence-electron chi connectivity index (χ1n) is 6.11. The van der Waals surface area contributed by atoms with Crippen LogP contribution in [-0.4, -0.2) is 12.5 Å². The van der Waals surface area contributed by atoms with Crippen molar-refractivity contribution in [3.63, 3.8) is 0 Å². The van der Waals surface area contributed by atoms with Crippen LogP contribution in [0.5, 0.6) is 0 Å². The number of amides is 1. The van der Waals surface area contributed by atoms with E-state index in [0.29, 0.717) is 18.7 Å². The molecule has 0 atom stereocenters. The first-order valence-corrected chi connectivity index (χ1v) is 8.51. The van der Waals surface area contributed by atoms with Gasteiger partial charge in [-0.1, -0.05) is 24.0 Å². The van der Waals surface area contributed by atoms with Crippen molar-refractivity contribution < 1.29 is 4.79 Å². The summed E-state index contributed by atoms with van der Waals surface area (Å²) >= 11 is 8.22. The highest BCUT2D eigenvalue weighted by molar-refractivity contribution is 9.12. The van der Waals surface area contributed by atoms with Gasteiger partial charge in [-0.25, -0.2) is 0 Å². The summed E-state index contributed by atoms with van der Waals surface area (Å²) < 4.78 is 1.73. The summed E-state index contributed by atoms with van der Waals surface area (Å²) in [6.45, 7) is 0.791. The number of nitrogens with two attached hydrogens (primary N) is 1. The normalized spacial score (nSPS) is 9.86. The van der Waals surface area contributed by atoms with Gasteiger partial charge in [0.15, 0.2) is 0 Å². The fourth-order valence-corrected chi connectivity index (χ4v) is 4.48. The van der Waals surface area contributed by atoms with Crippen LogP contribution in [0.2, 0.25) is 0 Å². The van der Waals surface area contributed by atoms with E-state index in [1.165, 1.54) is 11.3 Å². The topological polar surface area (TPSA) is 55.1 Å². The molecule has 1 heterocycles. The molecule has 0 spiro atoms. The van der Waals surface area contributed by atoms with Gasteiger partial charge in [-0.15, -0.1) is 11.3 Å². The maximum Gasteiger partial charge on any atom is 0.253 e. The van der Waals surface area contributed by atoms with Crippen LogP contribution in [-0.2, 0) is 6.54 Å². The van der Waals surface area contributed by atoms with E-state index in [2.05, 4.69) is 49.0 Å². The molecule has 3 nitrogen and oxygen atoms in total. The Morgan fingerprint density at radius 1 is 1.33 bits per heavy atom. The van der Waals surface area contributed by atoms with Gasteiger partial charge in [-0.05, 0) is 55.6 Å². The maximum absolute atomic E-state index is 12.1. The van der Waals surface area contributed by atoms with Gasteiger partial charge in [-0.3, -0.25) is 4.79 Å². The van der Waals surface area contributed by atoms with Crippen molar-refractivity contribution in [1.82, 2.24) is 5.32 Å². The molecule has 1 aromatic carbocycles. The Bertz CT molecular complexity index is 716. The van der Waals surface area contributed by atoms with E-state index < -0.39 is 0 Å². The maximum atomic E-state index is 12.1. The second-order valence-corrected chi connectivity index (χ2v) is 7.88. The van der Waals surface area contributed by atoms with Gasteiger partial charge in [0.2, 0.25) is 0 Å². The summed E-state index contributed by atoms with van der Waals surface area (Å²) in [6, 6.07) is 9.53. The third kappa shape index (κ3) is 4.68. The molecule has 0 aliphatic rings. The fourth-order valence-electron chi connectivity index (χ4n) is 1.68. The predicted octanol–water partition coefficient (Wildman–Crippen LogP) is 3.51. The number of halogens is 2. The van der Waals surface area contributed by atoms with Crippen LogP contribution in [0.15, 0.2) is 37.9 Å². The minimum absolute atomic E-state index is 0.109. The second-order valence-electron chi connectivity index (χ2n) is 4.13. The van der Waals surface area contributed by atoms with Crippen molar-refractivity contribution in [2.75, 3.05) is 6.54 Å². The lowest BCUT2D eigenvalue weighted by Gasteiger charge is -2.05. The van der Waals surface area contributed by atoms with Crippen molar-refractivity contribution in [2.24, 2.45) is 5.73 Å². The Morgan fingerprint density at radius 2 is 2.14 bits per heavy atom. The molecule has 21 heavy (non-hydrogen) atoms. The molecule has 0 radical (unpaired) electrons. The zero-order chi connectivity index (χ0) is 15.2. The minimum Gasteiger partial charge on any atom is -0.348 e. The number of carbonyl (C=O) groups excluding carboxylic acids is 1. The van der Waals surface area contributed by atoms with Gasteiger partial charge in [0, 0.05) is 12.1 Å². The van der Waals surface area contributed by atoms with Crippen molar-refractivity contribution in [2.45, 2.75) is 6.54 Å². The van der Waals surface area contributed by atoms with E-state index in [0.717, 1.165) is 18.7 Å². The number of rotatable bonds is 3. The standard InChI is InChI=1S/C15H12Br2N2OS/c16-13-8-12(14(17)21-13)15(20)19-9-11-4-1-3-10(7-11)5-2-6-18/h1,3-4,7-8H,6,9,18H2,(H,19,20). The Labute approximate surface area is 144 Å². The molecule has 0 unspecified atom stereocenters. The molecule has 2 rings (SSSR count). The molecule has 0 aliphatic carbocycles. The van der Waals surface area contributed by atoms with Gasteiger partial charge >= 0.3 is 0 Å². The number of nitrogens with one attached hydrogen (secondary N) is 1. The van der Waals surface area contributed by atoms with Gasteiger partial charge in [-0.2, -0.15) is 0 Å². The van der Waals surface area contributed by atoms with E-state index >= 15 is 0 Å². The monoisotopic (exact) mass is 426 g/mol.